The highest BCUT2D eigenvalue weighted by Gasteiger charge is 2.21. The first-order chi connectivity index (χ1) is 15.4. The monoisotopic (exact) mass is 429 g/mol. The zero-order chi connectivity index (χ0) is 22.6. The normalized spacial score (nSPS) is 16.8. The van der Waals surface area contributed by atoms with E-state index in [1.54, 1.807) is 0 Å². The smallest absolute Gasteiger partial charge is 0.0840 e. The van der Waals surface area contributed by atoms with Crippen LogP contribution < -0.4 is 0 Å². The third kappa shape index (κ3) is 5.83. The van der Waals surface area contributed by atoms with Gasteiger partial charge in [-0.2, -0.15) is 0 Å². The van der Waals surface area contributed by atoms with E-state index in [-0.39, 0.29) is 0 Å². The van der Waals surface area contributed by atoms with E-state index in [9.17, 15) is 5.11 Å². The molecule has 4 nitrogen and oxygen atoms in total. The summed E-state index contributed by atoms with van der Waals surface area (Å²) in [5.41, 5.74) is 5.26. The Labute approximate surface area is 192 Å². The van der Waals surface area contributed by atoms with Crippen LogP contribution >= 0.6 is 0 Å². The molecule has 1 aliphatic rings. The number of hydrogen-bond acceptors (Lipinski definition) is 4. The second-order valence-electron chi connectivity index (χ2n) is 9.55. The number of aliphatic hydroxyl groups is 1. The molecule has 0 amide bonds. The standard InChI is InChI=1S/C28H35N3O/c1-22(31-18-16-30(17-19-31)21-24-12-14-29-15-13-24)20-23-4-6-25(7-5-23)26-8-10-27(11-9-26)28(2,3)32/h4-15,22,32H,16-21H2,1-3H3. The molecule has 1 atom stereocenters. The Morgan fingerprint density at radius 3 is 1.94 bits per heavy atom. The molecule has 2 heterocycles. The van der Waals surface area contributed by atoms with E-state index < -0.39 is 5.60 Å². The van der Waals surface area contributed by atoms with Crippen molar-refractivity contribution in [2.24, 2.45) is 0 Å². The minimum absolute atomic E-state index is 0.537. The SMILES string of the molecule is CC(Cc1ccc(-c2ccc(C(C)(C)O)cc2)cc1)N1CCN(Cc2ccncc2)CC1. The molecule has 168 valence electrons. The van der Waals surface area contributed by atoms with Crippen LogP contribution in [0.5, 0.6) is 0 Å². The van der Waals surface area contributed by atoms with Gasteiger partial charge in [0, 0.05) is 51.2 Å². The van der Waals surface area contributed by atoms with Crippen LogP contribution in [0.2, 0.25) is 0 Å². The third-order valence-corrected chi connectivity index (χ3v) is 6.60. The molecule has 1 fully saturated rings. The Morgan fingerprint density at radius 1 is 0.812 bits per heavy atom. The Morgan fingerprint density at radius 2 is 1.38 bits per heavy atom. The van der Waals surface area contributed by atoms with Gasteiger partial charge in [-0.15, -0.1) is 0 Å². The Kier molecular flexibility index (Phi) is 7.04. The predicted octanol–water partition coefficient (Wildman–Crippen LogP) is 4.72. The van der Waals surface area contributed by atoms with Crippen LogP contribution in [-0.2, 0) is 18.6 Å². The zero-order valence-electron chi connectivity index (χ0n) is 19.5. The summed E-state index contributed by atoms with van der Waals surface area (Å²) in [6.45, 7) is 11.5. The van der Waals surface area contributed by atoms with E-state index in [1.807, 2.05) is 38.4 Å². The van der Waals surface area contributed by atoms with Crippen LogP contribution in [0.25, 0.3) is 11.1 Å². The van der Waals surface area contributed by atoms with Crippen LogP contribution in [0.4, 0.5) is 0 Å². The van der Waals surface area contributed by atoms with E-state index in [4.69, 9.17) is 0 Å². The van der Waals surface area contributed by atoms with Crippen LogP contribution in [0.3, 0.4) is 0 Å². The second-order valence-corrected chi connectivity index (χ2v) is 9.55. The third-order valence-electron chi connectivity index (χ3n) is 6.60. The van der Waals surface area contributed by atoms with Gasteiger partial charge >= 0.3 is 0 Å². The number of nitrogens with zero attached hydrogens (tertiary/aromatic N) is 3. The average molecular weight is 430 g/mol. The van der Waals surface area contributed by atoms with Gasteiger partial charge < -0.3 is 5.11 Å². The van der Waals surface area contributed by atoms with Crippen molar-refractivity contribution < 1.29 is 5.11 Å². The van der Waals surface area contributed by atoms with Gasteiger partial charge in [0.05, 0.1) is 5.60 Å². The summed E-state index contributed by atoms with van der Waals surface area (Å²) < 4.78 is 0. The van der Waals surface area contributed by atoms with Crippen LogP contribution in [0.15, 0.2) is 73.1 Å². The van der Waals surface area contributed by atoms with Crippen molar-refractivity contribution in [1.82, 2.24) is 14.8 Å². The van der Waals surface area contributed by atoms with E-state index in [0.717, 1.165) is 44.7 Å². The summed E-state index contributed by atoms with van der Waals surface area (Å²) >= 11 is 0. The van der Waals surface area contributed by atoms with Crippen LogP contribution in [0, 0.1) is 0 Å². The van der Waals surface area contributed by atoms with E-state index in [2.05, 4.69) is 70.2 Å². The van der Waals surface area contributed by atoms with Crippen LogP contribution in [-0.4, -0.2) is 52.1 Å². The average Bonchev–Trinajstić information content (AvgIpc) is 2.80. The number of pyridine rings is 1. The summed E-state index contributed by atoms with van der Waals surface area (Å²) in [5.74, 6) is 0. The molecule has 0 saturated carbocycles. The topological polar surface area (TPSA) is 39.6 Å². The molecule has 2 aromatic carbocycles. The van der Waals surface area contributed by atoms with Gasteiger partial charge in [0.15, 0.2) is 0 Å². The number of hydrogen-bond donors (Lipinski definition) is 1. The molecule has 4 heteroatoms. The summed E-state index contributed by atoms with van der Waals surface area (Å²) in [7, 11) is 0. The number of rotatable bonds is 7. The lowest BCUT2D eigenvalue weighted by Gasteiger charge is -2.38. The molecule has 1 aromatic heterocycles. The molecule has 0 aliphatic carbocycles. The molecule has 1 saturated heterocycles. The second kappa shape index (κ2) is 9.95. The summed E-state index contributed by atoms with van der Waals surface area (Å²) in [5, 5.41) is 10.2. The maximum atomic E-state index is 10.2. The Bertz CT molecular complexity index is 970. The molecular weight excluding hydrogens is 394 g/mol. The lowest BCUT2D eigenvalue weighted by molar-refractivity contribution is 0.0786. The largest absolute Gasteiger partial charge is 0.386 e. The fraction of sp³-hybridized carbons (Fsp3) is 0.393. The minimum Gasteiger partial charge on any atom is -0.386 e. The van der Waals surface area contributed by atoms with E-state index >= 15 is 0 Å². The number of aromatic nitrogens is 1. The molecule has 3 aromatic rings. The van der Waals surface area contributed by atoms with E-state index in [0.29, 0.717) is 6.04 Å². The minimum atomic E-state index is -0.803. The first-order valence-electron chi connectivity index (χ1n) is 11.7. The van der Waals surface area contributed by atoms with Gasteiger partial charge in [-0.1, -0.05) is 48.5 Å². The van der Waals surface area contributed by atoms with Gasteiger partial charge in [0.2, 0.25) is 0 Å². The van der Waals surface area contributed by atoms with Gasteiger partial charge in [0.25, 0.3) is 0 Å². The van der Waals surface area contributed by atoms with Crippen molar-refractivity contribution in [3.05, 3.63) is 89.7 Å². The lowest BCUT2D eigenvalue weighted by atomic mass is 9.95. The maximum Gasteiger partial charge on any atom is 0.0840 e. The van der Waals surface area contributed by atoms with E-state index in [1.165, 1.54) is 22.3 Å². The molecule has 0 bridgehead atoms. The van der Waals surface area contributed by atoms with Gasteiger partial charge in [-0.05, 0) is 67.1 Å². The van der Waals surface area contributed by atoms with Crippen molar-refractivity contribution >= 4 is 0 Å². The highest BCUT2D eigenvalue weighted by molar-refractivity contribution is 5.64. The zero-order valence-corrected chi connectivity index (χ0v) is 19.5. The lowest BCUT2D eigenvalue weighted by Crippen LogP contribution is -2.49. The summed E-state index contributed by atoms with van der Waals surface area (Å²) in [4.78, 5) is 9.27. The molecule has 1 aliphatic heterocycles. The van der Waals surface area contributed by atoms with Crippen molar-refractivity contribution in [3.8, 4) is 11.1 Å². The highest BCUT2D eigenvalue weighted by Crippen LogP contribution is 2.25. The predicted molar refractivity (Wildman–Crippen MR) is 131 cm³/mol. The number of benzene rings is 2. The molecule has 32 heavy (non-hydrogen) atoms. The van der Waals surface area contributed by atoms with Gasteiger partial charge in [-0.25, -0.2) is 0 Å². The first-order valence-corrected chi connectivity index (χ1v) is 11.7. The van der Waals surface area contributed by atoms with Crippen LogP contribution in [0.1, 0.15) is 37.5 Å². The molecule has 0 spiro atoms. The molecule has 1 N–H and O–H groups in total. The first kappa shape index (κ1) is 22.7. The van der Waals surface area contributed by atoms with Crippen molar-refractivity contribution in [2.75, 3.05) is 26.2 Å². The Balaban J connectivity index is 1.29. The Hall–Kier alpha value is -2.53. The quantitative estimate of drug-likeness (QED) is 0.590. The highest BCUT2D eigenvalue weighted by atomic mass is 16.3. The molecule has 0 radical (unpaired) electrons. The summed E-state index contributed by atoms with van der Waals surface area (Å²) in [6.07, 6.45) is 4.83. The fourth-order valence-electron chi connectivity index (χ4n) is 4.48. The van der Waals surface area contributed by atoms with Crippen molar-refractivity contribution in [3.63, 3.8) is 0 Å². The molecular formula is C28H35N3O. The molecule has 1 unspecified atom stereocenters. The fourth-order valence-corrected chi connectivity index (χ4v) is 4.48. The van der Waals surface area contributed by atoms with Gasteiger partial charge in [0.1, 0.15) is 0 Å². The van der Waals surface area contributed by atoms with Crippen molar-refractivity contribution in [2.45, 2.75) is 45.4 Å². The maximum absolute atomic E-state index is 10.2. The number of piperazine rings is 1. The molecule has 4 rings (SSSR count). The summed E-state index contributed by atoms with van der Waals surface area (Å²) in [6, 6.07) is 21.9. The van der Waals surface area contributed by atoms with Crippen molar-refractivity contribution in [1.29, 1.82) is 0 Å². The van der Waals surface area contributed by atoms with Gasteiger partial charge in [-0.3, -0.25) is 14.8 Å².